The minimum absolute atomic E-state index is 0.0891. The Bertz CT molecular complexity index is 401. The van der Waals surface area contributed by atoms with E-state index in [1.807, 2.05) is 0 Å². The van der Waals surface area contributed by atoms with Crippen LogP contribution in [0.3, 0.4) is 0 Å². The van der Waals surface area contributed by atoms with Crippen LogP contribution in [0.4, 0.5) is 0 Å². The van der Waals surface area contributed by atoms with Crippen molar-refractivity contribution in [3.05, 3.63) is 0 Å². The Kier molecular flexibility index (Phi) is 39.8. The molecule has 9 nitrogen and oxygen atoms in total. The van der Waals surface area contributed by atoms with Crippen LogP contribution >= 0.6 is 0 Å². The van der Waals surface area contributed by atoms with Crippen LogP contribution < -0.4 is 5.32 Å². The van der Waals surface area contributed by atoms with Gasteiger partial charge < -0.3 is 30.8 Å². The van der Waals surface area contributed by atoms with E-state index in [1.165, 1.54) is 38.5 Å². The van der Waals surface area contributed by atoms with E-state index in [4.69, 9.17) is 25.5 Å². The van der Waals surface area contributed by atoms with Crippen LogP contribution in [0.1, 0.15) is 105 Å². The molecule has 0 aliphatic heterocycles. The van der Waals surface area contributed by atoms with Crippen molar-refractivity contribution in [3.63, 3.8) is 0 Å². The maximum atomic E-state index is 11.7. The Morgan fingerprint density at radius 1 is 0.656 bits per heavy atom. The quantitative estimate of drug-likeness (QED) is 0.200. The van der Waals surface area contributed by atoms with Crippen molar-refractivity contribution in [1.29, 1.82) is 0 Å². The normalized spacial score (nSPS) is 10.2. The minimum atomic E-state index is -1.19. The number of nitrogens with one attached hydrogen (secondary N) is 1. The van der Waals surface area contributed by atoms with E-state index in [2.05, 4.69) is 12.2 Å². The number of aliphatic carboxylic acids is 2. The van der Waals surface area contributed by atoms with Gasteiger partial charge in [-0.1, -0.05) is 58.3 Å². The largest absolute Gasteiger partial charge is 0.481 e. The summed E-state index contributed by atoms with van der Waals surface area (Å²) in [4.78, 5) is 33.1. The first-order valence-corrected chi connectivity index (χ1v) is 11.8. The topological polar surface area (TPSA) is 164 Å². The lowest BCUT2D eigenvalue weighted by molar-refractivity contribution is -0.143. The van der Waals surface area contributed by atoms with Gasteiger partial charge in [0, 0.05) is 32.7 Å². The molecule has 1 amide bonds. The zero-order valence-corrected chi connectivity index (χ0v) is 20.6. The number of amides is 1. The highest BCUT2D eigenvalue weighted by atomic mass is 16.4. The van der Waals surface area contributed by atoms with E-state index in [0.717, 1.165) is 19.3 Å². The molecule has 0 rings (SSSR count). The molecule has 0 aliphatic carbocycles. The minimum Gasteiger partial charge on any atom is -0.481 e. The van der Waals surface area contributed by atoms with Crippen LogP contribution in [0.2, 0.25) is 0 Å². The van der Waals surface area contributed by atoms with Crippen molar-refractivity contribution in [2.45, 2.75) is 111 Å². The molecule has 0 bridgehead atoms. The summed E-state index contributed by atoms with van der Waals surface area (Å²) in [6, 6.07) is -1.11. The molecule has 0 fully saturated rings. The van der Waals surface area contributed by atoms with E-state index in [1.54, 1.807) is 20.8 Å². The zero-order valence-electron chi connectivity index (χ0n) is 20.6. The summed E-state index contributed by atoms with van der Waals surface area (Å²) >= 11 is 0. The van der Waals surface area contributed by atoms with Gasteiger partial charge in [-0.05, 0) is 33.6 Å². The van der Waals surface area contributed by atoms with Gasteiger partial charge in [0.15, 0.2) is 0 Å². The fraction of sp³-hybridized carbons (Fsp3) is 0.870. The molecule has 0 aromatic rings. The average Bonchev–Trinajstić information content (AvgIpc) is 2.71. The summed E-state index contributed by atoms with van der Waals surface area (Å²) < 4.78 is 0. The summed E-state index contributed by atoms with van der Waals surface area (Å²) in [6.07, 6.45) is 10.3. The van der Waals surface area contributed by atoms with Gasteiger partial charge in [-0.3, -0.25) is 9.59 Å². The third kappa shape index (κ3) is 42.4. The van der Waals surface area contributed by atoms with Crippen molar-refractivity contribution in [2.24, 2.45) is 0 Å². The maximum absolute atomic E-state index is 11.7. The van der Waals surface area contributed by atoms with Gasteiger partial charge in [-0.25, -0.2) is 4.79 Å². The lowest BCUT2D eigenvalue weighted by atomic mass is 10.1. The fourth-order valence-electron chi connectivity index (χ4n) is 2.39. The molecule has 0 aliphatic rings. The van der Waals surface area contributed by atoms with Gasteiger partial charge >= 0.3 is 11.9 Å². The Morgan fingerprint density at radius 3 is 1.38 bits per heavy atom. The van der Waals surface area contributed by atoms with Gasteiger partial charge in [0.2, 0.25) is 5.91 Å². The summed E-state index contributed by atoms with van der Waals surface area (Å²) in [6.45, 7) is 7.99. The summed E-state index contributed by atoms with van der Waals surface area (Å²) in [5, 5.41) is 42.6. The molecule has 1 atom stereocenters. The number of aliphatic hydroxyl groups is 3. The Hall–Kier alpha value is -1.71. The van der Waals surface area contributed by atoms with Crippen LogP contribution in [0, 0.1) is 0 Å². The van der Waals surface area contributed by atoms with Crippen molar-refractivity contribution in [2.75, 3.05) is 19.8 Å². The van der Waals surface area contributed by atoms with Gasteiger partial charge in [-0.2, -0.15) is 0 Å². The summed E-state index contributed by atoms with van der Waals surface area (Å²) in [5.41, 5.74) is 0. The van der Waals surface area contributed by atoms with Crippen molar-refractivity contribution < 1.29 is 39.9 Å². The van der Waals surface area contributed by atoms with Gasteiger partial charge in [-0.15, -0.1) is 0 Å². The number of carbonyl (C=O) groups is 3. The summed E-state index contributed by atoms with van der Waals surface area (Å²) in [7, 11) is 0. The third-order valence-corrected chi connectivity index (χ3v) is 3.79. The van der Waals surface area contributed by atoms with Crippen LogP contribution in [-0.2, 0) is 14.4 Å². The molecule has 9 heteroatoms. The standard InChI is InChI=1S/C17H31NO5.3C2H6O/c1-2-3-4-5-6-7-8-9-10-11-15(19)18-14(17(22)23)12-13-16(20)21;3*1-2-3/h14H,2-13H2,1H3,(H,18,19)(H,20,21)(H,22,23);3*3H,2H2,1H3/t14-;;;/m0.../s1. The molecule has 0 aromatic heterocycles. The lowest BCUT2D eigenvalue weighted by Gasteiger charge is -2.13. The highest BCUT2D eigenvalue weighted by Gasteiger charge is 2.20. The molecule has 6 N–H and O–H groups in total. The highest BCUT2D eigenvalue weighted by molar-refractivity contribution is 5.83. The number of aliphatic hydroxyl groups excluding tert-OH is 3. The second kappa shape index (κ2) is 33.9. The molecular weight excluding hydrogens is 418 g/mol. The molecule has 0 saturated carbocycles. The first kappa shape index (κ1) is 37.6. The van der Waals surface area contributed by atoms with Crippen molar-refractivity contribution in [1.82, 2.24) is 5.32 Å². The van der Waals surface area contributed by atoms with Crippen LogP contribution in [0.15, 0.2) is 0 Å². The first-order valence-electron chi connectivity index (χ1n) is 11.8. The predicted molar refractivity (Wildman–Crippen MR) is 127 cm³/mol. The van der Waals surface area contributed by atoms with Crippen LogP contribution in [-0.4, -0.2) is 69.2 Å². The molecule has 32 heavy (non-hydrogen) atoms. The maximum Gasteiger partial charge on any atom is 0.326 e. The van der Waals surface area contributed by atoms with Gasteiger partial charge in [0.1, 0.15) is 6.04 Å². The number of rotatable bonds is 15. The summed E-state index contributed by atoms with van der Waals surface area (Å²) in [5.74, 6) is -2.57. The molecule has 0 radical (unpaired) electrons. The molecule has 0 spiro atoms. The molecule has 0 saturated heterocycles. The number of carboxylic acid groups (broad SMARTS) is 2. The second-order valence-electron chi connectivity index (χ2n) is 6.92. The van der Waals surface area contributed by atoms with Gasteiger partial charge in [0.25, 0.3) is 0 Å². The molecule has 0 aromatic carbocycles. The second-order valence-corrected chi connectivity index (χ2v) is 6.92. The van der Waals surface area contributed by atoms with E-state index in [-0.39, 0.29) is 38.6 Å². The zero-order chi connectivity index (χ0) is 25.6. The van der Waals surface area contributed by atoms with Crippen LogP contribution in [0.25, 0.3) is 0 Å². The molecule has 0 unspecified atom stereocenters. The van der Waals surface area contributed by atoms with Crippen LogP contribution in [0.5, 0.6) is 0 Å². The third-order valence-electron chi connectivity index (χ3n) is 3.79. The average molecular weight is 468 g/mol. The van der Waals surface area contributed by atoms with Crippen molar-refractivity contribution in [3.8, 4) is 0 Å². The van der Waals surface area contributed by atoms with E-state index < -0.39 is 18.0 Å². The molecule has 194 valence electrons. The SMILES string of the molecule is CCCCCCCCCCCC(=O)N[C@@H](CCC(=O)O)C(=O)O.CCO.CCO.CCO. The van der Waals surface area contributed by atoms with E-state index in [9.17, 15) is 14.4 Å². The van der Waals surface area contributed by atoms with E-state index >= 15 is 0 Å². The number of carboxylic acids is 2. The Labute approximate surface area is 194 Å². The predicted octanol–water partition coefficient (Wildman–Crippen LogP) is 3.34. The van der Waals surface area contributed by atoms with E-state index in [0.29, 0.717) is 6.42 Å². The van der Waals surface area contributed by atoms with Crippen molar-refractivity contribution >= 4 is 17.8 Å². The monoisotopic (exact) mass is 467 g/mol. The Balaban J connectivity index is -0.000000371. The lowest BCUT2D eigenvalue weighted by Crippen LogP contribution is -2.41. The highest BCUT2D eigenvalue weighted by Crippen LogP contribution is 2.10. The van der Waals surface area contributed by atoms with Gasteiger partial charge in [0.05, 0.1) is 0 Å². The number of unbranched alkanes of at least 4 members (excludes halogenated alkanes) is 8. The molecular formula is C23H49NO8. The Morgan fingerprint density at radius 2 is 1.03 bits per heavy atom. The number of carbonyl (C=O) groups excluding carboxylic acids is 1. The number of hydrogen-bond donors (Lipinski definition) is 6. The number of hydrogen-bond acceptors (Lipinski definition) is 6. The molecule has 0 heterocycles. The smallest absolute Gasteiger partial charge is 0.326 e. The fourth-order valence-corrected chi connectivity index (χ4v) is 2.39. The first-order chi connectivity index (χ1) is 15.2.